The molecule has 4 aliphatic carbocycles. The van der Waals surface area contributed by atoms with Crippen LogP contribution in [0.3, 0.4) is 0 Å². The fraction of sp³-hybridized carbons (Fsp3) is 0.548. The minimum atomic E-state index is -0.674. The fourth-order valence-electron chi connectivity index (χ4n) is 6.12. The van der Waals surface area contributed by atoms with Crippen molar-refractivity contribution in [2.45, 2.75) is 91.3 Å². The summed E-state index contributed by atoms with van der Waals surface area (Å²) in [4.78, 5) is 27.6. The Kier molecular flexibility index (Phi) is 6.87. The van der Waals surface area contributed by atoms with E-state index in [2.05, 4.69) is 52.0 Å². The Morgan fingerprint density at radius 3 is 1.51 bits per heavy atom. The molecule has 0 amide bonds. The Labute approximate surface area is 210 Å². The van der Waals surface area contributed by atoms with Crippen molar-refractivity contribution < 1.29 is 19.1 Å². The van der Waals surface area contributed by atoms with Crippen LogP contribution in [0.5, 0.6) is 0 Å². The zero-order valence-corrected chi connectivity index (χ0v) is 22.1. The number of hydrogen-bond donors (Lipinski definition) is 0. The average molecular weight is 477 g/mol. The van der Waals surface area contributed by atoms with Crippen molar-refractivity contribution in [2.24, 2.45) is 17.3 Å². The molecular formula is C31H40O4. The van der Waals surface area contributed by atoms with Gasteiger partial charge in [-0.05, 0) is 43.3 Å². The molecule has 0 aromatic heterocycles. The maximum Gasteiger partial charge on any atom is 0.336 e. The summed E-state index contributed by atoms with van der Waals surface area (Å²) < 4.78 is 12.5. The average Bonchev–Trinajstić information content (AvgIpc) is 3.28. The van der Waals surface area contributed by atoms with Gasteiger partial charge in [-0.1, -0.05) is 89.1 Å². The second-order valence-corrected chi connectivity index (χ2v) is 11.0. The SMILES string of the molecule is CCC1=CC=CC(CC)(OC(=O)C2=C(C(=O)OC3(CC)C=CC=C(CC)C3)C3C=CC2C3(C)C)C1. The molecule has 4 unspecified atom stereocenters. The lowest BCUT2D eigenvalue weighted by atomic mass is 9.77. The van der Waals surface area contributed by atoms with Crippen LogP contribution < -0.4 is 0 Å². The summed E-state index contributed by atoms with van der Waals surface area (Å²) in [7, 11) is 0. The maximum atomic E-state index is 13.8. The predicted octanol–water partition coefficient (Wildman–Crippen LogP) is 7.10. The lowest BCUT2D eigenvalue weighted by Crippen LogP contribution is -2.37. The first-order chi connectivity index (χ1) is 16.6. The molecule has 188 valence electrons. The number of hydrogen-bond acceptors (Lipinski definition) is 4. The van der Waals surface area contributed by atoms with Gasteiger partial charge in [0.2, 0.25) is 0 Å². The van der Waals surface area contributed by atoms with Gasteiger partial charge in [0.1, 0.15) is 11.2 Å². The molecule has 0 fully saturated rings. The van der Waals surface area contributed by atoms with Crippen molar-refractivity contribution >= 4 is 11.9 Å². The van der Waals surface area contributed by atoms with Crippen LogP contribution in [-0.2, 0) is 19.1 Å². The number of carbonyl (C=O) groups excluding carboxylic acids is 2. The van der Waals surface area contributed by atoms with Crippen molar-refractivity contribution in [3.8, 4) is 0 Å². The van der Waals surface area contributed by atoms with Crippen LogP contribution in [0.2, 0.25) is 0 Å². The third kappa shape index (κ3) is 4.41. The Bertz CT molecular complexity index is 997. The van der Waals surface area contributed by atoms with E-state index in [0.717, 1.165) is 12.8 Å². The lowest BCUT2D eigenvalue weighted by Gasteiger charge is -2.34. The molecule has 4 nitrogen and oxygen atoms in total. The molecule has 4 aliphatic rings. The monoisotopic (exact) mass is 476 g/mol. The highest BCUT2D eigenvalue weighted by Gasteiger charge is 2.56. The summed E-state index contributed by atoms with van der Waals surface area (Å²) in [6.07, 6.45) is 20.9. The molecule has 0 aliphatic heterocycles. The van der Waals surface area contributed by atoms with Gasteiger partial charge in [-0.3, -0.25) is 0 Å². The van der Waals surface area contributed by atoms with Gasteiger partial charge < -0.3 is 9.47 Å². The normalized spacial score (nSPS) is 32.5. The molecule has 0 saturated heterocycles. The highest BCUT2D eigenvalue weighted by atomic mass is 16.6. The van der Waals surface area contributed by atoms with Gasteiger partial charge in [0.05, 0.1) is 11.1 Å². The number of rotatable bonds is 8. The van der Waals surface area contributed by atoms with Crippen molar-refractivity contribution in [1.29, 1.82) is 0 Å². The molecule has 4 heteroatoms. The van der Waals surface area contributed by atoms with Gasteiger partial charge in [0, 0.05) is 24.7 Å². The van der Waals surface area contributed by atoms with Crippen LogP contribution in [0.1, 0.15) is 80.1 Å². The number of esters is 2. The van der Waals surface area contributed by atoms with E-state index in [0.29, 0.717) is 36.8 Å². The smallest absolute Gasteiger partial charge is 0.336 e. The second-order valence-electron chi connectivity index (χ2n) is 11.0. The number of ether oxygens (including phenoxy) is 2. The minimum absolute atomic E-state index is 0.157. The van der Waals surface area contributed by atoms with E-state index < -0.39 is 11.2 Å². The third-order valence-corrected chi connectivity index (χ3v) is 8.66. The van der Waals surface area contributed by atoms with Crippen molar-refractivity contribution in [1.82, 2.24) is 0 Å². The molecule has 35 heavy (non-hydrogen) atoms. The van der Waals surface area contributed by atoms with Crippen molar-refractivity contribution in [3.63, 3.8) is 0 Å². The van der Waals surface area contributed by atoms with E-state index in [1.165, 1.54) is 11.1 Å². The van der Waals surface area contributed by atoms with Gasteiger partial charge >= 0.3 is 11.9 Å². The summed E-state index contributed by atoms with van der Waals surface area (Å²) in [5.41, 5.74) is 1.88. The number of fused-ring (bicyclic) bond motifs is 2. The van der Waals surface area contributed by atoms with E-state index >= 15 is 0 Å². The van der Waals surface area contributed by atoms with Crippen LogP contribution in [-0.4, -0.2) is 23.1 Å². The van der Waals surface area contributed by atoms with E-state index in [-0.39, 0.29) is 29.2 Å². The first-order valence-corrected chi connectivity index (χ1v) is 13.3. The molecule has 0 N–H and O–H groups in total. The largest absolute Gasteiger partial charge is 0.451 e. The van der Waals surface area contributed by atoms with Crippen LogP contribution >= 0.6 is 0 Å². The molecule has 0 saturated carbocycles. The molecule has 0 radical (unpaired) electrons. The van der Waals surface area contributed by atoms with E-state index in [4.69, 9.17) is 9.47 Å². The summed E-state index contributed by atoms with van der Waals surface area (Å²) in [5.74, 6) is -1.08. The van der Waals surface area contributed by atoms with Crippen LogP contribution in [0, 0.1) is 17.3 Å². The summed E-state index contributed by atoms with van der Waals surface area (Å²) in [6.45, 7) is 12.6. The van der Waals surface area contributed by atoms with Gasteiger partial charge in [0.25, 0.3) is 0 Å². The molecule has 0 heterocycles. The summed E-state index contributed by atoms with van der Waals surface area (Å²) in [6, 6.07) is 0. The summed E-state index contributed by atoms with van der Waals surface area (Å²) >= 11 is 0. The maximum absolute atomic E-state index is 13.8. The van der Waals surface area contributed by atoms with E-state index in [1.807, 2.05) is 38.2 Å². The van der Waals surface area contributed by atoms with Gasteiger partial charge in [-0.25, -0.2) is 9.59 Å². The van der Waals surface area contributed by atoms with Crippen LogP contribution in [0.4, 0.5) is 0 Å². The highest BCUT2D eigenvalue weighted by Crippen LogP contribution is 2.57. The Balaban J connectivity index is 1.66. The zero-order chi connectivity index (χ0) is 25.4. The minimum Gasteiger partial charge on any atom is -0.451 e. The highest BCUT2D eigenvalue weighted by molar-refractivity contribution is 6.04. The Morgan fingerprint density at radius 2 is 1.17 bits per heavy atom. The molecule has 0 aromatic carbocycles. The van der Waals surface area contributed by atoms with Crippen LogP contribution in [0.15, 0.2) is 70.9 Å². The fourth-order valence-corrected chi connectivity index (χ4v) is 6.12. The Hall–Kier alpha value is -2.62. The molecule has 0 aromatic rings. The standard InChI is InChI=1S/C31H40O4/c1-7-21-13-11-17-30(9-3,19-21)34-27(32)25-23-15-16-24(29(23,5)6)26(25)28(33)35-31(10-4)18-12-14-22(8-2)20-31/h11-18,23-24H,7-10,19-20H2,1-6H3. The summed E-state index contributed by atoms with van der Waals surface area (Å²) in [5, 5.41) is 0. The second kappa shape index (κ2) is 9.44. The number of allylic oxidation sites excluding steroid dienone is 6. The zero-order valence-electron chi connectivity index (χ0n) is 22.1. The topological polar surface area (TPSA) is 52.6 Å². The van der Waals surface area contributed by atoms with E-state index in [9.17, 15) is 9.59 Å². The lowest BCUT2D eigenvalue weighted by molar-refractivity contribution is -0.154. The van der Waals surface area contributed by atoms with Crippen LogP contribution in [0.25, 0.3) is 0 Å². The van der Waals surface area contributed by atoms with Crippen molar-refractivity contribution in [3.05, 3.63) is 70.9 Å². The quantitative estimate of drug-likeness (QED) is 0.277. The first-order valence-electron chi connectivity index (χ1n) is 13.3. The first kappa shape index (κ1) is 25.5. The Morgan fingerprint density at radius 1 is 0.771 bits per heavy atom. The van der Waals surface area contributed by atoms with Crippen molar-refractivity contribution in [2.75, 3.05) is 0 Å². The molecular weight excluding hydrogens is 436 g/mol. The third-order valence-electron chi connectivity index (χ3n) is 8.66. The number of carbonyl (C=O) groups is 2. The van der Waals surface area contributed by atoms with Gasteiger partial charge in [-0.15, -0.1) is 0 Å². The van der Waals surface area contributed by atoms with Gasteiger partial charge in [-0.2, -0.15) is 0 Å². The molecule has 0 spiro atoms. The molecule has 4 rings (SSSR count). The van der Waals surface area contributed by atoms with E-state index in [1.54, 1.807) is 0 Å². The predicted molar refractivity (Wildman–Crippen MR) is 139 cm³/mol. The van der Waals surface area contributed by atoms with Gasteiger partial charge in [0.15, 0.2) is 0 Å². The molecule has 2 bridgehead atoms. The molecule has 4 atom stereocenters.